The van der Waals surface area contributed by atoms with Gasteiger partial charge in [0.05, 0.1) is 24.5 Å². The summed E-state index contributed by atoms with van der Waals surface area (Å²) in [4.78, 5) is 23.2. The van der Waals surface area contributed by atoms with Crippen molar-refractivity contribution >= 4 is 33.1 Å². The molecule has 0 saturated heterocycles. The third-order valence-electron chi connectivity index (χ3n) is 4.77. The third kappa shape index (κ3) is 3.85. The molecule has 0 saturated carbocycles. The van der Waals surface area contributed by atoms with Crippen molar-refractivity contribution in [2.24, 2.45) is 0 Å². The molecule has 0 unspecified atom stereocenters. The number of nitrogens with one attached hydrogen (secondary N) is 1. The molecule has 0 aliphatic heterocycles. The summed E-state index contributed by atoms with van der Waals surface area (Å²) in [6.45, 7) is 3.87. The summed E-state index contributed by atoms with van der Waals surface area (Å²) < 4.78 is 17.5. The summed E-state index contributed by atoms with van der Waals surface area (Å²) in [6.07, 6.45) is 0. The molecule has 166 valence electrons. The summed E-state index contributed by atoms with van der Waals surface area (Å²) in [6, 6.07) is 5.24. The SMILES string of the molecule is COCc1nc(OC)c2c(C)c(C(=O)Nc3ccc(OC)c(-n4nnnc4C)c3)sc2n1. The molecule has 1 N–H and O–H groups in total. The third-order valence-corrected chi connectivity index (χ3v) is 5.95. The topological polar surface area (TPSA) is 126 Å². The number of benzene rings is 1. The van der Waals surface area contributed by atoms with Gasteiger partial charge < -0.3 is 19.5 Å². The van der Waals surface area contributed by atoms with Crippen LogP contribution >= 0.6 is 11.3 Å². The minimum Gasteiger partial charge on any atom is -0.494 e. The molecule has 4 rings (SSSR count). The lowest BCUT2D eigenvalue weighted by Crippen LogP contribution is -2.12. The van der Waals surface area contributed by atoms with Crippen LogP contribution in [0.2, 0.25) is 0 Å². The summed E-state index contributed by atoms with van der Waals surface area (Å²) in [5, 5.41) is 15.2. The molecule has 32 heavy (non-hydrogen) atoms. The van der Waals surface area contributed by atoms with Crippen LogP contribution in [-0.4, -0.2) is 57.4 Å². The molecule has 0 spiro atoms. The van der Waals surface area contributed by atoms with E-state index in [2.05, 4.69) is 30.8 Å². The van der Waals surface area contributed by atoms with E-state index in [0.717, 1.165) is 5.56 Å². The average molecular weight is 456 g/mol. The maximum absolute atomic E-state index is 13.1. The molecule has 0 fully saturated rings. The number of anilines is 1. The van der Waals surface area contributed by atoms with Crippen LogP contribution in [0.15, 0.2) is 18.2 Å². The number of tetrazole rings is 1. The highest BCUT2D eigenvalue weighted by Gasteiger charge is 2.22. The number of ether oxygens (including phenoxy) is 3. The zero-order valence-corrected chi connectivity index (χ0v) is 19.0. The second-order valence-electron chi connectivity index (χ2n) is 6.80. The maximum atomic E-state index is 13.1. The number of hydrogen-bond acceptors (Lipinski definition) is 10. The van der Waals surface area contributed by atoms with Crippen LogP contribution in [0.25, 0.3) is 15.9 Å². The van der Waals surface area contributed by atoms with Crippen LogP contribution in [0.4, 0.5) is 5.69 Å². The maximum Gasteiger partial charge on any atom is 0.266 e. The first kappa shape index (κ1) is 21.6. The zero-order valence-electron chi connectivity index (χ0n) is 18.2. The smallest absolute Gasteiger partial charge is 0.266 e. The van der Waals surface area contributed by atoms with Crippen molar-refractivity contribution in [1.82, 2.24) is 30.2 Å². The van der Waals surface area contributed by atoms with Gasteiger partial charge in [-0.3, -0.25) is 4.79 Å². The van der Waals surface area contributed by atoms with Crippen molar-refractivity contribution in [2.45, 2.75) is 20.5 Å². The second-order valence-corrected chi connectivity index (χ2v) is 7.80. The minimum absolute atomic E-state index is 0.246. The van der Waals surface area contributed by atoms with Crippen molar-refractivity contribution in [3.8, 4) is 17.3 Å². The Kier molecular flexibility index (Phi) is 5.97. The zero-order chi connectivity index (χ0) is 22.8. The van der Waals surface area contributed by atoms with Crippen molar-refractivity contribution in [1.29, 1.82) is 0 Å². The van der Waals surface area contributed by atoms with Gasteiger partial charge in [0, 0.05) is 12.8 Å². The second kappa shape index (κ2) is 8.85. The molecule has 0 aliphatic carbocycles. The molecule has 0 aliphatic rings. The molecular formula is C20H21N7O4S. The Morgan fingerprint density at radius 3 is 2.62 bits per heavy atom. The van der Waals surface area contributed by atoms with Crippen LogP contribution in [0.1, 0.15) is 26.9 Å². The monoisotopic (exact) mass is 455 g/mol. The number of methoxy groups -OCH3 is 3. The van der Waals surface area contributed by atoms with Gasteiger partial charge in [0.1, 0.15) is 22.9 Å². The fourth-order valence-corrected chi connectivity index (χ4v) is 4.36. The minimum atomic E-state index is -0.273. The van der Waals surface area contributed by atoms with Gasteiger partial charge in [-0.25, -0.2) is 4.98 Å². The Balaban J connectivity index is 1.70. The summed E-state index contributed by atoms with van der Waals surface area (Å²) >= 11 is 1.27. The number of thiophene rings is 1. The number of nitrogens with zero attached hydrogens (tertiary/aromatic N) is 6. The van der Waals surface area contributed by atoms with E-state index in [0.29, 0.717) is 49.7 Å². The van der Waals surface area contributed by atoms with E-state index in [-0.39, 0.29) is 12.5 Å². The number of carbonyl (C=O) groups excluding carboxylic acids is 1. The molecule has 1 aromatic carbocycles. The highest BCUT2D eigenvalue weighted by molar-refractivity contribution is 7.20. The normalized spacial score (nSPS) is 11.0. The van der Waals surface area contributed by atoms with Gasteiger partial charge in [-0.2, -0.15) is 9.67 Å². The first-order chi connectivity index (χ1) is 15.5. The Labute approximate surface area is 187 Å². The first-order valence-electron chi connectivity index (χ1n) is 9.54. The summed E-state index contributed by atoms with van der Waals surface area (Å²) in [5.41, 5.74) is 1.92. The molecule has 3 heterocycles. The molecule has 12 heteroatoms. The fraction of sp³-hybridized carbons (Fsp3) is 0.300. The number of aryl methyl sites for hydroxylation is 2. The van der Waals surface area contributed by atoms with Gasteiger partial charge in [-0.15, -0.1) is 16.4 Å². The van der Waals surface area contributed by atoms with E-state index in [9.17, 15) is 4.79 Å². The molecule has 3 aromatic heterocycles. The van der Waals surface area contributed by atoms with Crippen LogP contribution in [0.3, 0.4) is 0 Å². The quantitative estimate of drug-likeness (QED) is 0.447. The van der Waals surface area contributed by atoms with Gasteiger partial charge in [0.2, 0.25) is 5.88 Å². The van der Waals surface area contributed by atoms with E-state index in [1.54, 1.807) is 39.3 Å². The Hall–Kier alpha value is -3.64. The van der Waals surface area contributed by atoms with Crippen LogP contribution in [0.5, 0.6) is 11.6 Å². The Morgan fingerprint density at radius 1 is 1.16 bits per heavy atom. The largest absolute Gasteiger partial charge is 0.494 e. The van der Waals surface area contributed by atoms with E-state index in [1.807, 2.05) is 6.92 Å². The van der Waals surface area contributed by atoms with E-state index in [4.69, 9.17) is 14.2 Å². The molecule has 4 aromatic rings. The van der Waals surface area contributed by atoms with Crippen LogP contribution < -0.4 is 14.8 Å². The molecule has 0 atom stereocenters. The van der Waals surface area contributed by atoms with Gasteiger partial charge in [0.25, 0.3) is 5.91 Å². The first-order valence-corrected chi connectivity index (χ1v) is 10.4. The number of aromatic nitrogens is 6. The van der Waals surface area contributed by atoms with Crippen LogP contribution in [0, 0.1) is 13.8 Å². The lowest BCUT2D eigenvalue weighted by Gasteiger charge is -2.11. The van der Waals surface area contributed by atoms with Crippen LogP contribution in [-0.2, 0) is 11.3 Å². The number of amides is 1. The highest BCUT2D eigenvalue weighted by Crippen LogP contribution is 2.36. The summed E-state index contributed by atoms with van der Waals surface area (Å²) in [7, 11) is 4.66. The highest BCUT2D eigenvalue weighted by atomic mass is 32.1. The predicted octanol–water partition coefficient (Wildman–Crippen LogP) is 2.70. The van der Waals surface area contributed by atoms with E-state index < -0.39 is 0 Å². The lowest BCUT2D eigenvalue weighted by molar-refractivity contribution is 0.103. The molecule has 11 nitrogen and oxygen atoms in total. The molecule has 0 bridgehead atoms. The van der Waals surface area contributed by atoms with E-state index >= 15 is 0 Å². The summed E-state index contributed by atoms with van der Waals surface area (Å²) in [5.74, 6) is 1.79. The number of rotatable bonds is 7. The Bertz CT molecular complexity index is 1300. The van der Waals surface area contributed by atoms with Gasteiger partial charge in [-0.05, 0) is 48.0 Å². The van der Waals surface area contributed by atoms with Crippen molar-refractivity contribution in [3.05, 3.63) is 40.3 Å². The van der Waals surface area contributed by atoms with E-state index in [1.165, 1.54) is 23.1 Å². The number of hydrogen-bond donors (Lipinski definition) is 1. The molecule has 1 amide bonds. The average Bonchev–Trinajstić information content (AvgIpc) is 3.36. The van der Waals surface area contributed by atoms with Crippen molar-refractivity contribution in [3.63, 3.8) is 0 Å². The van der Waals surface area contributed by atoms with Crippen molar-refractivity contribution in [2.75, 3.05) is 26.6 Å². The predicted molar refractivity (Wildman–Crippen MR) is 118 cm³/mol. The molecular weight excluding hydrogens is 434 g/mol. The standard InChI is InChI=1S/C20H21N7O4S/c1-10-16-19(31-5)22-15(9-29-3)23-20(16)32-17(10)18(28)21-12-6-7-14(30-4)13(8-12)27-11(2)24-25-26-27/h6-8H,9H2,1-5H3,(H,21,28). The van der Waals surface area contributed by atoms with Crippen molar-refractivity contribution < 1.29 is 19.0 Å². The lowest BCUT2D eigenvalue weighted by atomic mass is 10.2. The Morgan fingerprint density at radius 2 is 1.97 bits per heavy atom. The van der Waals surface area contributed by atoms with Gasteiger partial charge in [-0.1, -0.05) is 0 Å². The van der Waals surface area contributed by atoms with Gasteiger partial charge >= 0.3 is 0 Å². The number of fused-ring (bicyclic) bond motifs is 1. The fourth-order valence-electron chi connectivity index (χ4n) is 3.28. The number of carbonyl (C=O) groups is 1. The molecule has 0 radical (unpaired) electrons. The van der Waals surface area contributed by atoms with Gasteiger partial charge in [0.15, 0.2) is 11.6 Å².